The van der Waals surface area contributed by atoms with Gasteiger partial charge in [-0.15, -0.1) is 0 Å². The Balaban J connectivity index is 2.25. The van der Waals surface area contributed by atoms with Crippen LogP contribution in [0.4, 0.5) is 0 Å². The molecule has 1 unspecified atom stereocenters. The van der Waals surface area contributed by atoms with E-state index in [1.54, 1.807) is 48.5 Å². The lowest BCUT2D eigenvalue weighted by Crippen LogP contribution is -2.30. The van der Waals surface area contributed by atoms with E-state index in [1.165, 1.54) is 14.2 Å². The Morgan fingerprint density at radius 3 is 2.46 bits per heavy atom. The Kier molecular flexibility index (Phi) is 5.32. The monoisotopic (exact) mass is 378 g/mol. The SMILES string of the molecule is COc1ccc(C2/C(=C(/O)c3ccccc3)C(=O)C(=O)N2CC#N)c(OC)c1. The summed E-state index contributed by atoms with van der Waals surface area (Å²) >= 11 is 0. The van der Waals surface area contributed by atoms with Crippen LogP contribution in [0.5, 0.6) is 11.5 Å². The van der Waals surface area contributed by atoms with Gasteiger partial charge in [0.1, 0.15) is 23.8 Å². The lowest BCUT2D eigenvalue weighted by atomic mass is 9.94. The molecular weight excluding hydrogens is 360 g/mol. The minimum atomic E-state index is -0.958. The molecule has 1 amide bonds. The first-order chi connectivity index (χ1) is 13.5. The average molecular weight is 378 g/mol. The van der Waals surface area contributed by atoms with E-state index in [0.29, 0.717) is 22.6 Å². The van der Waals surface area contributed by atoms with Gasteiger partial charge in [0.05, 0.1) is 31.9 Å². The summed E-state index contributed by atoms with van der Waals surface area (Å²) in [5, 5.41) is 20.0. The van der Waals surface area contributed by atoms with Crippen LogP contribution in [-0.4, -0.2) is 42.5 Å². The van der Waals surface area contributed by atoms with E-state index in [2.05, 4.69) is 0 Å². The van der Waals surface area contributed by atoms with Crippen LogP contribution in [0.3, 0.4) is 0 Å². The van der Waals surface area contributed by atoms with E-state index in [4.69, 9.17) is 14.7 Å². The molecule has 0 spiro atoms. The van der Waals surface area contributed by atoms with Crippen LogP contribution in [0.15, 0.2) is 54.1 Å². The van der Waals surface area contributed by atoms with Crippen LogP contribution >= 0.6 is 0 Å². The van der Waals surface area contributed by atoms with Gasteiger partial charge in [0.15, 0.2) is 0 Å². The van der Waals surface area contributed by atoms with Gasteiger partial charge in [0, 0.05) is 17.2 Å². The van der Waals surface area contributed by atoms with Crippen LogP contribution in [0.1, 0.15) is 17.2 Å². The van der Waals surface area contributed by atoms with Crippen molar-refractivity contribution in [3.05, 3.63) is 65.2 Å². The van der Waals surface area contributed by atoms with Crippen LogP contribution in [0, 0.1) is 11.3 Å². The van der Waals surface area contributed by atoms with Crippen LogP contribution in [-0.2, 0) is 9.59 Å². The Morgan fingerprint density at radius 1 is 1.14 bits per heavy atom. The number of carbonyl (C=O) groups excluding carboxylic acids is 2. The molecule has 0 saturated carbocycles. The Morgan fingerprint density at radius 2 is 1.86 bits per heavy atom. The topological polar surface area (TPSA) is 99.9 Å². The number of amides is 1. The van der Waals surface area contributed by atoms with Crippen molar-refractivity contribution >= 4 is 17.4 Å². The van der Waals surface area contributed by atoms with Crippen molar-refractivity contribution in [2.75, 3.05) is 20.8 Å². The molecular formula is C21H18N2O5. The molecule has 0 bridgehead atoms. The minimum absolute atomic E-state index is 0.0880. The van der Waals surface area contributed by atoms with Crippen molar-refractivity contribution in [3.63, 3.8) is 0 Å². The number of rotatable bonds is 5. The van der Waals surface area contributed by atoms with Crippen molar-refractivity contribution in [1.29, 1.82) is 5.26 Å². The highest BCUT2D eigenvalue weighted by atomic mass is 16.5. The average Bonchev–Trinajstić information content (AvgIpc) is 2.98. The van der Waals surface area contributed by atoms with Gasteiger partial charge in [-0.05, 0) is 12.1 Å². The highest BCUT2D eigenvalue weighted by molar-refractivity contribution is 6.46. The van der Waals surface area contributed by atoms with E-state index in [-0.39, 0.29) is 17.9 Å². The zero-order chi connectivity index (χ0) is 20.3. The van der Waals surface area contributed by atoms with Gasteiger partial charge < -0.3 is 19.5 Å². The first-order valence-corrected chi connectivity index (χ1v) is 8.46. The van der Waals surface area contributed by atoms with Crippen molar-refractivity contribution in [3.8, 4) is 17.6 Å². The molecule has 7 nitrogen and oxygen atoms in total. The van der Waals surface area contributed by atoms with Crippen LogP contribution in [0.25, 0.3) is 5.76 Å². The smallest absolute Gasteiger partial charge is 0.296 e. The Hall–Kier alpha value is -3.79. The number of benzene rings is 2. The first-order valence-electron chi connectivity index (χ1n) is 8.46. The molecule has 28 heavy (non-hydrogen) atoms. The number of ketones is 1. The number of aliphatic hydroxyl groups is 1. The second-order valence-corrected chi connectivity index (χ2v) is 6.06. The van der Waals surface area contributed by atoms with E-state index >= 15 is 0 Å². The maximum atomic E-state index is 12.7. The van der Waals surface area contributed by atoms with Gasteiger partial charge in [0.2, 0.25) is 0 Å². The molecule has 0 aromatic heterocycles. The summed E-state index contributed by atoms with van der Waals surface area (Å²) in [5.74, 6) is -1.10. The van der Waals surface area contributed by atoms with E-state index in [9.17, 15) is 14.7 Å². The second kappa shape index (κ2) is 7.84. The second-order valence-electron chi connectivity index (χ2n) is 6.06. The fraction of sp³-hybridized carbons (Fsp3) is 0.190. The van der Waals surface area contributed by atoms with Gasteiger partial charge in [0.25, 0.3) is 11.7 Å². The van der Waals surface area contributed by atoms with E-state index in [0.717, 1.165) is 4.90 Å². The van der Waals surface area contributed by atoms with Gasteiger partial charge in [-0.1, -0.05) is 30.3 Å². The summed E-state index contributed by atoms with van der Waals surface area (Å²) in [6.07, 6.45) is 0. The highest BCUT2D eigenvalue weighted by Crippen LogP contribution is 2.43. The molecule has 0 radical (unpaired) electrons. The van der Waals surface area contributed by atoms with Gasteiger partial charge in [-0.3, -0.25) is 9.59 Å². The number of hydrogen-bond donors (Lipinski definition) is 1. The zero-order valence-corrected chi connectivity index (χ0v) is 15.4. The van der Waals surface area contributed by atoms with Crippen LogP contribution in [0.2, 0.25) is 0 Å². The number of hydrogen-bond acceptors (Lipinski definition) is 6. The number of nitrogens with zero attached hydrogens (tertiary/aromatic N) is 2. The Labute approximate surface area is 162 Å². The zero-order valence-electron chi connectivity index (χ0n) is 15.4. The molecule has 1 aliphatic heterocycles. The summed E-state index contributed by atoms with van der Waals surface area (Å²) in [7, 11) is 2.96. The first kappa shape index (κ1) is 19.0. The van der Waals surface area contributed by atoms with Crippen molar-refractivity contribution in [2.24, 2.45) is 0 Å². The molecule has 1 fully saturated rings. The number of carbonyl (C=O) groups is 2. The van der Waals surface area contributed by atoms with Crippen LogP contribution < -0.4 is 9.47 Å². The van der Waals surface area contributed by atoms with Gasteiger partial charge >= 0.3 is 0 Å². The number of methoxy groups -OCH3 is 2. The Bertz CT molecular complexity index is 992. The van der Waals surface area contributed by atoms with Gasteiger partial charge in [-0.2, -0.15) is 5.26 Å². The molecule has 3 rings (SSSR count). The van der Waals surface area contributed by atoms with E-state index < -0.39 is 17.7 Å². The maximum Gasteiger partial charge on any atom is 0.296 e. The fourth-order valence-corrected chi connectivity index (χ4v) is 3.24. The number of nitriles is 1. The normalized spacial score (nSPS) is 18.0. The lowest BCUT2D eigenvalue weighted by molar-refractivity contribution is -0.139. The molecule has 0 aliphatic carbocycles. The molecule has 142 valence electrons. The summed E-state index contributed by atoms with van der Waals surface area (Å²) in [6.45, 7) is -0.310. The molecule has 7 heteroatoms. The largest absolute Gasteiger partial charge is 0.507 e. The standard InChI is InChI=1S/C21H18N2O5/c1-27-14-8-9-15(16(12-14)28-2)18-17(19(24)13-6-4-3-5-7-13)20(25)21(26)23(18)11-10-22/h3-9,12,18,24H,11H2,1-2H3/b19-17-. The van der Waals surface area contributed by atoms with Gasteiger partial charge in [-0.25, -0.2) is 0 Å². The number of aliphatic hydroxyl groups excluding tert-OH is 1. The minimum Gasteiger partial charge on any atom is -0.507 e. The summed E-state index contributed by atoms with van der Waals surface area (Å²) in [5.41, 5.74) is 0.778. The summed E-state index contributed by atoms with van der Waals surface area (Å²) in [4.78, 5) is 26.4. The molecule has 1 saturated heterocycles. The quantitative estimate of drug-likeness (QED) is 0.372. The third kappa shape index (κ3) is 3.16. The fourth-order valence-electron chi connectivity index (χ4n) is 3.24. The maximum absolute atomic E-state index is 12.7. The number of ether oxygens (including phenoxy) is 2. The predicted molar refractivity (Wildman–Crippen MR) is 101 cm³/mol. The molecule has 1 aliphatic rings. The number of Topliss-reactive ketones (excluding diaryl/α,β-unsaturated/α-hetero) is 1. The third-order valence-electron chi connectivity index (χ3n) is 4.56. The van der Waals surface area contributed by atoms with Crippen molar-refractivity contribution in [2.45, 2.75) is 6.04 Å². The molecule has 1 heterocycles. The molecule has 1 N–H and O–H groups in total. The summed E-state index contributed by atoms with van der Waals surface area (Å²) < 4.78 is 10.6. The molecule has 1 atom stereocenters. The van der Waals surface area contributed by atoms with Crippen molar-refractivity contribution < 1.29 is 24.2 Å². The molecule has 2 aromatic rings. The van der Waals surface area contributed by atoms with Crippen molar-refractivity contribution in [1.82, 2.24) is 4.90 Å². The predicted octanol–water partition coefficient (Wildman–Crippen LogP) is 2.65. The summed E-state index contributed by atoms with van der Waals surface area (Å²) in [6, 6.07) is 14.3. The molecule has 2 aromatic carbocycles. The number of likely N-dealkylation sites (tertiary alicyclic amines) is 1. The lowest BCUT2D eigenvalue weighted by Gasteiger charge is -2.24. The highest BCUT2D eigenvalue weighted by Gasteiger charge is 2.47. The van der Waals surface area contributed by atoms with E-state index in [1.807, 2.05) is 6.07 Å². The third-order valence-corrected chi connectivity index (χ3v) is 4.56.